The molecule has 5 rings (SSSR count). The Morgan fingerprint density at radius 3 is 2.14 bits per heavy atom. The number of ether oxygens (including phenoxy) is 2. The van der Waals surface area contributed by atoms with E-state index in [1.54, 1.807) is 11.6 Å². The van der Waals surface area contributed by atoms with Gasteiger partial charge in [0.2, 0.25) is 0 Å². The van der Waals surface area contributed by atoms with Crippen LogP contribution in [-0.2, 0) is 22.4 Å². The lowest BCUT2D eigenvalue weighted by Gasteiger charge is -2.15. The number of hydrogen-bond acceptors (Lipinski definition) is 12. The molecular formula is C32H48N10O9. The Bertz CT molecular complexity index is 1840. The molecule has 3 aromatic rings. The van der Waals surface area contributed by atoms with Gasteiger partial charge in [0, 0.05) is 41.9 Å². The Morgan fingerprint density at radius 1 is 0.882 bits per heavy atom. The molecule has 0 aliphatic carbocycles. The smallest absolute Gasteiger partial charge is 0.330 e. The van der Waals surface area contributed by atoms with Gasteiger partial charge in [-0.15, -0.1) is 5.10 Å². The average Bonchev–Trinajstić information content (AvgIpc) is 3.84. The fourth-order valence-corrected chi connectivity index (χ4v) is 6.09. The highest BCUT2D eigenvalue weighted by Crippen LogP contribution is 2.30. The predicted molar refractivity (Wildman–Crippen MR) is 183 cm³/mol. The van der Waals surface area contributed by atoms with E-state index in [1.807, 2.05) is 6.20 Å². The van der Waals surface area contributed by atoms with Gasteiger partial charge in [-0.05, 0) is 25.3 Å². The van der Waals surface area contributed by atoms with Crippen molar-refractivity contribution in [2.45, 2.75) is 128 Å². The summed E-state index contributed by atoms with van der Waals surface area (Å²) in [6.45, 7) is 3.31. The van der Waals surface area contributed by atoms with E-state index in [9.17, 15) is 29.4 Å². The SMILES string of the molecule is CCCCCCCCCCc1cn(Cc2cn([C@H]3C[C@H](O)[C@@H](CO)O3)c(=O)[nH]c2=O)nn1.Cc1cn([C@H]2C[C@H](N=[N+]=[N-])[C@@H](CO)O2)c(=O)[nH]c1=O. The van der Waals surface area contributed by atoms with Crippen LogP contribution in [0.1, 0.15) is 100 Å². The van der Waals surface area contributed by atoms with E-state index in [0.29, 0.717) is 11.1 Å². The molecule has 0 amide bonds. The Balaban J connectivity index is 0.000000261. The first-order valence-electron chi connectivity index (χ1n) is 17.4. The van der Waals surface area contributed by atoms with E-state index in [0.717, 1.165) is 18.5 Å². The molecule has 51 heavy (non-hydrogen) atoms. The summed E-state index contributed by atoms with van der Waals surface area (Å²) in [7, 11) is 0. The van der Waals surface area contributed by atoms with Gasteiger partial charge in [-0.3, -0.25) is 28.7 Å². The molecule has 0 aromatic carbocycles. The molecule has 19 heteroatoms. The maximum atomic E-state index is 12.3. The van der Waals surface area contributed by atoms with Crippen molar-refractivity contribution in [2.24, 2.45) is 5.11 Å². The highest BCUT2D eigenvalue weighted by molar-refractivity contribution is 5.07. The van der Waals surface area contributed by atoms with Gasteiger partial charge in [-0.1, -0.05) is 62.2 Å². The van der Waals surface area contributed by atoms with E-state index in [-0.39, 0.29) is 32.6 Å². The number of aromatic amines is 2. The van der Waals surface area contributed by atoms with Crippen molar-refractivity contribution in [3.05, 3.63) is 87.5 Å². The second-order valence-electron chi connectivity index (χ2n) is 12.9. The Kier molecular flexibility index (Phi) is 14.9. The number of hydrogen-bond donors (Lipinski definition) is 5. The molecule has 3 aromatic heterocycles. The zero-order valence-corrected chi connectivity index (χ0v) is 29.0. The van der Waals surface area contributed by atoms with Crippen molar-refractivity contribution in [1.82, 2.24) is 34.1 Å². The minimum atomic E-state index is -0.874. The van der Waals surface area contributed by atoms with Gasteiger partial charge in [0.05, 0.1) is 49.3 Å². The van der Waals surface area contributed by atoms with Gasteiger partial charge in [-0.25, -0.2) is 14.3 Å². The number of aliphatic hydroxyl groups excluding tert-OH is 3. The van der Waals surface area contributed by atoms with Crippen LogP contribution >= 0.6 is 0 Å². The van der Waals surface area contributed by atoms with Crippen molar-refractivity contribution in [1.29, 1.82) is 0 Å². The molecule has 2 aliphatic heterocycles. The summed E-state index contributed by atoms with van der Waals surface area (Å²) in [5.41, 5.74) is 7.85. The Hall–Kier alpha value is -4.39. The number of nitrogens with zero attached hydrogens (tertiary/aromatic N) is 8. The molecule has 5 heterocycles. The van der Waals surface area contributed by atoms with Crippen molar-refractivity contribution in [3.63, 3.8) is 0 Å². The van der Waals surface area contributed by atoms with Gasteiger partial charge in [0.25, 0.3) is 11.1 Å². The van der Waals surface area contributed by atoms with Crippen LogP contribution in [0.25, 0.3) is 10.4 Å². The first-order chi connectivity index (χ1) is 24.6. The van der Waals surface area contributed by atoms with Crippen LogP contribution in [0.4, 0.5) is 0 Å². The molecule has 280 valence electrons. The lowest BCUT2D eigenvalue weighted by Crippen LogP contribution is -2.34. The number of aliphatic hydroxyl groups is 3. The predicted octanol–water partition coefficient (Wildman–Crippen LogP) is 1.30. The van der Waals surface area contributed by atoms with E-state index < -0.39 is 59.3 Å². The second-order valence-corrected chi connectivity index (χ2v) is 12.9. The lowest BCUT2D eigenvalue weighted by molar-refractivity contribution is -0.0460. The van der Waals surface area contributed by atoms with Crippen molar-refractivity contribution >= 4 is 0 Å². The largest absolute Gasteiger partial charge is 0.394 e. The minimum Gasteiger partial charge on any atom is -0.394 e. The van der Waals surface area contributed by atoms with Gasteiger partial charge in [0.15, 0.2) is 0 Å². The van der Waals surface area contributed by atoms with Crippen LogP contribution in [0.2, 0.25) is 0 Å². The highest BCUT2D eigenvalue weighted by atomic mass is 16.5. The number of azide groups is 1. The maximum Gasteiger partial charge on any atom is 0.330 e. The quantitative estimate of drug-likeness (QED) is 0.0610. The topological polar surface area (TPSA) is 268 Å². The van der Waals surface area contributed by atoms with Crippen LogP contribution in [0.5, 0.6) is 0 Å². The number of aryl methyl sites for hydroxylation is 2. The number of H-pyrrole nitrogens is 2. The summed E-state index contributed by atoms with van der Waals surface area (Å²) < 4.78 is 15.1. The van der Waals surface area contributed by atoms with Gasteiger partial charge < -0.3 is 24.8 Å². The Morgan fingerprint density at radius 2 is 1.49 bits per heavy atom. The summed E-state index contributed by atoms with van der Waals surface area (Å²) in [5, 5.41) is 40.2. The Labute approximate surface area is 292 Å². The third-order valence-electron chi connectivity index (χ3n) is 8.98. The minimum absolute atomic E-state index is 0.155. The molecule has 2 aliphatic rings. The monoisotopic (exact) mass is 716 g/mol. The van der Waals surface area contributed by atoms with Gasteiger partial charge in [-0.2, -0.15) is 0 Å². The average molecular weight is 717 g/mol. The molecule has 0 saturated carbocycles. The van der Waals surface area contributed by atoms with Gasteiger partial charge >= 0.3 is 11.4 Å². The normalized spacial score (nSPS) is 22.8. The first kappa shape index (κ1) is 39.4. The van der Waals surface area contributed by atoms with E-state index in [2.05, 4.69) is 37.2 Å². The second kappa shape index (κ2) is 19.3. The zero-order chi connectivity index (χ0) is 36.9. The van der Waals surface area contributed by atoms with E-state index in [1.165, 1.54) is 66.5 Å². The van der Waals surface area contributed by atoms with E-state index in [4.69, 9.17) is 20.1 Å². The molecule has 0 bridgehead atoms. The number of unbranched alkanes of at least 4 members (excludes halogenated alkanes) is 7. The van der Waals surface area contributed by atoms with Crippen LogP contribution in [0, 0.1) is 6.92 Å². The van der Waals surface area contributed by atoms with Crippen LogP contribution < -0.4 is 22.5 Å². The molecule has 19 nitrogen and oxygen atoms in total. The summed E-state index contributed by atoms with van der Waals surface area (Å²) in [5.74, 6) is 0. The number of aromatic nitrogens is 7. The lowest BCUT2D eigenvalue weighted by atomic mass is 10.1. The maximum absolute atomic E-state index is 12.3. The summed E-state index contributed by atoms with van der Waals surface area (Å²) in [6, 6.07) is -0.542. The standard InChI is InChI=1S/C22H35N5O5.C10H13N5O4/c1-2-3-4-5-6-7-8-9-10-17-14-26(25-24-17)12-16-13-27(22(31)23-21(16)30)20-11-18(29)19(15-28)32-20;1-5-3-15(10(18)12-9(5)17)8-2-6(13-14-11)7(4-16)19-8/h13-14,18-20,28-29H,2-12,15H2,1H3,(H,23,30,31);3,6-8,16H,2,4H2,1H3,(H,12,17,18)/t18-,19+,20+;6-,7+,8+/m00/s1. The van der Waals surface area contributed by atoms with Crippen LogP contribution in [0.15, 0.2) is 42.9 Å². The fourth-order valence-electron chi connectivity index (χ4n) is 6.09. The first-order valence-corrected chi connectivity index (χ1v) is 17.4. The van der Waals surface area contributed by atoms with Gasteiger partial charge in [0.1, 0.15) is 18.6 Å². The number of nitrogens with one attached hydrogen (secondary N) is 2. The third-order valence-corrected chi connectivity index (χ3v) is 8.98. The highest BCUT2D eigenvalue weighted by Gasteiger charge is 2.36. The molecule has 0 radical (unpaired) electrons. The van der Waals surface area contributed by atoms with E-state index >= 15 is 0 Å². The van der Waals surface area contributed by atoms with Crippen molar-refractivity contribution in [2.75, 3.05) is 13.2 Å². The molecule has 0 spiro atoms. The summed E-state index contributed by atoms with van der Waals surface area (Å²) >= 11 is 0. The molecule has 0 unspecified atom stereocenters. The molecule has 5 N–H and O–H groups in total. The third kappa shape index (κ3) is 10.8. The molecular weight excluding hydrogens is 668 g/mol. The molecule has 2 fully saturated rings. The van der Waals surface area contributed by atoms with Crippen molar-refractivity contribution < 1.29 is 24.8 Å². The number of rotatable bonds is 16. The molecule has 2 saturated heterocycles. The van der Waals surface area contributed by atoms with Crippen LogP contribution in [0.3, 0.4) is 0 Å². The summed E-state index contributed by atoms with van der Waals surface area (Å²) in [6.07, 6.45) is 12.2. The summed E-state index contributed by atoms with van der Waals surface area (Å²) in [4.78, 5) is 54.6. The fraction of sp³-hybridized carbons (Fsp3) is 0.688. The van der Waals surface area contributed by atoms with Crippen LogP contribution in [-0.4, -0.2) is 87.0 Å². The zero-order valence-electron chi connectivity index (χ0n) is 29.0. The molecule has 6 atom stereocenters. The van der Waals surface area contributed by atoms with Crippen molar-refractivity contribution in [3.8, 4) is 0 Å².